The summed E-state index contributed by atoms with van der Waals surface area (Å²) in [6.07, 6.45) is 2.01. The van der Waals surface area contributed by atoms with E-state index < -0.39 is 0 Å². The molecule has 1 saturated heterocycles. The number of rotatable bonds is 5. The summed E-state index contributed by atoms with van der Waals surface area (Å²) in [5.41, 5.74) is 7.53. The van der Waals surface area contributed by atoms with Gasteiger partial charge in [0.05, 0.1) is 12.6 Å². The topological polar surface area (TPSA) is 49.5 Å². The Morgan fingerprint density at radius 3 is 2.85 bits per heavy atom. The van der Waals surface area contributed by atoms with Gasteiger partial charge < -0.3 is 10.8 Å². The highest BCUT2D eigenvalue weighted by molar-refractivity contribution is 6.30. The van der Waals surface area contributed by atoms with Gasteiger partial charge in [-0.25, -0.2) is 0 Å². The van der Waals surface area contributed by atoms with Crippen LogP contribution in [0.5, 0.6) is 0 Å². The Hall–Kier alpha value is -0.610. The monoisotopic (exact) mass is 296 g/mol. The third-order valence-corrected chi connectivity index (χ3v) is 4.77. The summed E-state index contributed by atoms with van der Waals surface area (Å²) in [6, 6.07) is 8.31. The number of hydrogen-bond acceptors (Lipinski definition) is 3. The number of benzene rings is 1. The molecule has 0 saturated carbocycles. The molecule has 2 rings (SSSR count). The van der Waals surface area contributed by atoms with E-state index in [4.69, 9.17) is 17.3 Å². The Morgan fingerprint density at radius 1 is 1.50 bits per heavy atom. The number of likely N-dealkylation sites (tertiary alicyclic amines) is 1. The fourth-order valence-corrected chi connectivity index (χ4v) is 3.47. The van der Waals surface area contributed by atoms with Crippen molar-refractivity contribution in [2.24, 2.45) is 11.7 Å². The van der Waals surface area contributed by atoms with Crippen LogP contribution in [0.1, 0.15) is 38.3 Å². The normalized spacial score (nSPS) is 26.6. The van der Waals surface area contributed by atoms with Crippen LogP contribution in [0.2, 0.25) is 5.02 Å². The Bertz CT molecular complexity index is 440. The van der Waals surface area contributed by atoms with E-state index >= 15 is 0 Å². The highest BCUT2D eigenvalue weighted by Crippen LogP contribution is 2.35. The Kier molecular flexibility index (Phi) is 5.44. The van der Waals surface area contributed by atoms with Crippen LogP contribution >= 0.6 is 11.6 Å². The van der Waals surface area contributed by atoms with Crippen LogP contribution in [0.25, 0.3) is 0 Å². The molecule has 4 heteroatoms. The van der Waals surface area contributed by atoms with Crippen LogP contribution in [0.4, 0.5) is 0 Å². The van der Waals surface area contributed by atoms with Crippen LogP contribution in [-0.2, 0) is 0 Å². The first-order valence-corrected chi connectivity index (χ1v) is 7.84. The van der Waals surface area contributed by atoms with Gasteiger partial charge in [-0.1, -0.05) is 37.6 Å². The predicted molar refractivity (Wildman–Crippen MR) is 83.8 cm³/mol. The van der Waals surface area contributed by atoms with Crippen molar-refractivity contribution in [1.29, 1.82) is 0 Å². The first-order valence-electron chi connectivity index (χ1n) is 7.46. The average Bonchev–Trinajstić information content (AvgIpc) is 2.80. The van der Waals surface area contributed by atoms with Gasteiger partial charge in [0.2, 0.25) is 0 Å². The summed E-state index contributed by atoms with van der Waals surface area (Å²) >= 11 is 6.13. The number of halogens is 1. The van der Waals surface area contributed by atoms with Crippen molar-refractivity contribution in [2.45, 2.75) is 44.8 Å². The van der Waals surface area contributed by atoms with Gasteiger partial charge in [-0.2, -0.15) is 0 Å². The van der Waals surface area contributed by atoms with Gasteiger partial charge in [0.15, 0.2) is 0 Å². The molecule has 4 atom stereocenters. The van der Waals surface area contributed by atoms with Crippen LogP contribution in [-0.4, -0.2) is 35.2 Å². The van der Waals surface area contributed by atoms with Gasteiger partial charge in [0.1, 0.15) is 0 Å². The first kappa shape index (κ1) is 15.8. The van der Waals surface area contributed by atoms with Gasteiger partial charge in [0.25, 0.3) is 0 Å². The molecule has 0 spiro atoms. The maximum absolute atomic E-state index is 9.70. The maximum atomic E-state index is 9.70. The van der Waals surface area contributed by atoms with Crippen molar-refractivity contribution >= 4 is 11.6 Å². The lowest BCUT2D eigenvalue weighted by Gasteiger charge is -2.37. The molecule has 1 heterocycles. The number of hydrogen-bond donors (Lipinski definition) is 2. The van der Waals surface area contributed by atoms with E-state index in [1.807, 2.05) is 18.2 Å². The van der Waals surface area contributed by atoms with Crippen molar-refractivity contribution in [3.63, 3.8) is 0 Å². The summed E-state index contributed by atoms with van der Waals surface area (Å²) in [5.74, 6) is 0.505. The lowest BCUT2D eigenvalue weighted by Crippen LogP contribution is -2.45. The number of aliphatic hydroxyl groups is 1. The van der Waals surface area contributed by atoms with E-state index in [1.165, 1.54) is 0 Å². The van der Waals surface area contributed by atoms with E-state index in [0.717, 1.165) is 30.0 Å². The molecule has 112 valence electrons. The molecule has 20 heavy (non-hydrogen) atoms. The molecule has 3 nitrogen and oxygen atoms in total. The first-order chi connectivity index (χ1) is 9.58. The Balaban J connectivity index is 2.33. The third kappa shape index (κ3) is 3.17. The minimum absolute atomic E-state index is 0.0489. The largest absolute Gasteiger partial charge is 0.395 e. The lowest BCUT2D eigenvalue weighted by molar-refractivity contribution is 0.0894. The molecule has 1 aromatic carbocycles. The average molecular weight is 297 g/mol. The summed E-state index contributed by atoms with van der Waals surface area (Å²) in [5, 5.41) is 10.4. The molecule has 1 fully saturated rings. The highest BCUT2D eigenvalue weighted by Gasteiger charge is 2.37. The van der Waals surface area contributed by atoms with Crippen LogP contribution < -0.4 is 5.73 Å². The van der Waals surface area contributed by atoms with E-state index in [1.54, 1.807) is 0 Å². The minimum Gasteiger partial charge on any atom is -0.395 e. The summed E-state index contributed by atoms with van der Waals surface area (Å²) in [7, 11) is 0. The molecule has 0 amide bonds. The zero-order chi connectivity index (χ0) is 14.7. The number of aliphatic hydroxyl groups excluding tert-OH is 1. The zero-order valence-corrected chi connectivity index (χ0v) is 13.1. The van der Waals surface area contributed by atoms with Crippen LogP contribution in [0.15, 0.2) is 24.3 Å². The highest BCUT2D eigenvalue weighted by atomic mass is 35.5. The fraction of sp³-hybridized carbons (Fsp3) is 0.625. The molecule has 3 N–H and O–H groups in total. The van der Waals surface area contributed by atoms with Crippen molar-refractivity contribution in [3.8, 4) is 0 Å². The number of nitrogens with two attached hydrogens (primary N) is 1. The van der Waals surface area contributed by atoms with Crippen molar-refractivity contribution in [2.75, 3.05) is 13.2 Å². The van der Waals surface area contributed by atoms with Gasteiger partial charge in [-0.05, 0) is 43.0 Å². The standard InChI is InChI=1S/C16H25ClN2O/c1-3-14(18)16(12-5-4-6-13(17)9-12)19-8-7-11(2)15(19)10-20/h4-6,9,11,14-16,20H,3,7-8,10,18H2,1-2H3. The predicted octanol–water partition coefficient (Wildman–Crippen LogP) is 2.82. The molecule has 1 aliphatic rings. The van der Waals surface area contributed by atoms with E-state index in [-0.39, 0.29) is 24.7 Å². The van der Waals surface area contributed by atoms with Gasteiger partial charge in [-0.15, -0.1) is 0 Å². The van der Waals surface area contributed by atoms with Gasteiger partial charge >= 0.3 is 0 Å². The third-order valence-electron chi connectivity index (χ3n) is 4.54. The van der Waals surface area contributed by atoms with Crippen molar-refractivity contribution < 1.29 is 5.11 Å². The molecular weight excluding hydrogens is 272 g/mol. The van der Waals surface area contributed by atoms with Crippen LogP contribution in [0.3, 0.4) is 0 Å². The Morgan fingerprint density at radius 2 is 2.25 bits per heavy atom. The van der Waals surface area contributed by atoms with Crippen molar-refractivity contribution in [3.05, 3.63) is 34.9 Å². The smallest absolute Gasteiger partial charge is 0.0589 e. The molecule has 0 radical (unpaired) electrons. The molecular formula is C16H25ClN2O. The maximum Gasteiger partial charge on any atom is 0.0589 e. The van der Waals surface area contributed by atoms with E-state index in [0.29, 0.717) is 5.92 Å². The molecule has 0 bridgehead atoms. The zero-order valence-electron chi connectivity index (χ0n) is 12.3. The molecule has 0 aliphatic carbocycles. The molecule has 0 aromatic heterocycles. The fourth-order valence-electron chi connectivity index (χ4n) is 3.27. The van der Waals surface area contributed by atoms with E-state index in [9.17, 15) is 5.11 Å². The molecule has 1 aromatic rings. The van der Waals surface area contributed by atoms with Gasteiger partial charge in [0, 0.05) is 17.1 Å². The van der Waals surface area contributed by atoms with E-state index in [2.05, 4.69) is 24.8 Å². The SMILES string of the molecule is CCC(N)C(c1cccc(Cl)c1)N1CCC(C)C1CO. The second kappa shape index (κ2) is 6.90. The van der Waals surface area contributed by atoms with Gasteiger partial charge in [-0.3, -0.25) is 4.90 Å². The molecule has 1 aliphatic heterocycles. The lowest BCUT2D eigenvalue weighted by atomic mass is 9.94. The summed E-state index contributed by atoms with van der Waals surface area (Å²) in [6.45, 7) is 5.48. The summed E-state index contributed by atoms with van der Waals surface area (Å²) in [4.78, 5) is 2.37. The summed E-state index contributed by atoms with van der Waals surface area (Å²) < 4.78 is 0. The second-order valence-corrected chi connectivity index (χ2v) is 6.26. The Labute approximate surface area is 126 Å². The van der Waals surface area contributed by atoms with Crippen molar-refractivity contribution in [1.82, 2.24) is 4.90 Å². The minimum atomic E-state index is 0.0489. The quantitative estimate of drug-likeness (QED) is 0.878. The number of nitrogens with zero attached hydrogens (tertiary/aromatic N) is 1. The second-order valence-electron chi connectivity index (χ2n) is 5.83. The van der Waals surface area contributed by atoms with Crippen LogP contribution in [0, 0.1) is 5.92 Å². The molecule has 4 unspecified atom stereocenters.